The van der Waals surface area contributed by atoms with Crippen LogP contribution in [0.2, 0.25) is 0 Å². The van der Waals surface area contributed by atoms with Crippen LogP contribution in [-0.2, 0) is 0 Å². The smallest absolute Gasteiger partial charge is 0.0283 e. The van der Waals surface area contributed by atoms with Gasteiger partial charge in [-0.2, -0.15) is 0 Å². The Bertz CT molecular complexity index is 206. The minimum absolute atomic E-state index is 0.393. The Hall–Kier alpha value is -0.0800. The van der Waals surface area contributed by atoms with Gasteiger partial charge in [0.05, 0.1) is 0 Å². The molecular weight excluding hydrogens is 172 g/mol. The van der Waals surface area contributed by atoms with E-state index in [2.05, 4.69) is 37.5 Å². The van der Waals surface area contributed by atoms with E-state index >= 15 is 0 Å². The fourth-order valence-electron chi connectivity index (χ4n) is 2.71. The van der Waals surface area contributed by atoms with Gasteiger partial charge in [-0.15, -0.1) is 0 Å². The lowest BCUT2D eigenvalue weighted by Crippen LogP contribution is -2.61. The summed E-state index contributed by atoms with van der Waals surface area (Å²) in [5, 5.41) is 0. The van der Waals surface area contributed by atoms with Crippen LogP contribution in [0.4, 0.5) is 0 Å². The molecule has 2 fully saturated rings. The first kappa shape index (κ1) is 10.4. The van der Waals surface area contributed by atoms with Crippen molar-refractivity contribution in [3.05, 3.63) is 0 Å². The van der Waals surface area contributed by atoms with E-state index in [1.54, 1.807) is 0 Å². The highest BCUT2D eigenvalue weighted by Crippen LogP contribution is 2.35. The van der Waals surface area contributed by atoms with Gasteiger partial charge >= 0.3 is 0 Å². The van der Waals surface area contributed by atoms with Crippen LogP contribution in [0.5, 0.6) is 0 Å². The van der Waals surface area contributed by atoms with Crippen molar-refractivity contribution in [2.24, 2.45) is 0 Å². The topological polar surface area (TPSA) is 6.48 Å². The van der Waals surface area contributed by atoms with Gasteiger partial charge in [0, 0.05) is 37.3 Å². The molecule has 0 unspecified atom stereocenters. The summed E-state index contributed by atoms with van der Waals surface area (Å²) >= 11 is 0. The van der Waals surface area contributed by atoms with E-state index in [-0.39, 0.29) is 0 Å². The Morgan fingerprint density at radius 2 is 1.79 bits per heavy atom. The van der Waals surface area contributed by atoms with Crippen LogP contribution in [0, 0.1) is 0 Å². The maximum absolute atomic E-state index is 2.73. The zero-order valence-corrected chi connectivity index (χ0v) is 10.1. The molecule has 14 heavy (non-hydrogen) atoms. The zero-order chi connectivity index (χ0) is 10.3. The van der Waals surface area contributed by atoms with Crippen LogP contribution >= 0.6 is 0 Å². The molecule has 0 N–H and O–H groups in total. The molecule has 1 aliphatic heterocycles. The summed E-state index contributed by atoms with van der Waals surface area (Å²) in [5.41, 5.74) is 0.393. The highest BCUT2D eigenvalue weighted by molar-refractivity contribution is 4.98. The van der Waals surface area contributed by atoms with Crippen molar-refractivity contribution in [1.29, 1.82) is 0 Å². The second-order valence-corrected chi connectivity index (χ2v) is 5.80. The molecule has 2 aliphatic rings. The van der Waals surface area contributed by atoms with Crippen molar-refractivity contribution in [1.82, 2.24) is 9.80 Å². The van der Waals surface area contributed by atoms with Crippen LogP contribution in [-0.4, -0.2) is 47.1 Å². The summed E-state index contributed by atoms with van der Waals surface area (Å²) in [4.78, 5) is 5.34. The molecule has 1 aliphatic carbocycles. The normalized spacial score (nSPS) is 29.8. The van der Waals surface area contributed by atoms with Gasteiger partial charge in [0.1, 0.15) is 0 Å². The van der Waals surface area contributed by atoms with Crippen LogP contribution in [0.3, 0.4) is 0 Å². The van der Waals surface area contributed by atoms with E-state index in [0.29, 0.717) is 11.6 Å². The summed E-state index contributed by atoms with van der Waals surface area (Å²) < 4.78 is 0. The molecule has 1 saturated heterocycles. The molecule has 0 bridgehead atoms. The maximum atomic E-state index is 2.73. The number of nitrogens with zero attached hydrogens (tertiary/aromatic N) is 2. The monoisotopic (exact) mass is 196 g/mol. The molecule has 0 aromatic heterocycles. The van der Waals surface area contributed by atoms with E-state index in [4.69, 9.17) is 0 Å². The van der Waals surface area contributed by atoms with Crippen LogP contribution in [0.15, 0.2) is 0 Å². The fourth-order valence-corrected chi connectivity index (χ4v) is 2.71. The third-order valence-corrected chi connectivity index (χ3v) is 3.71. The quantitative estimate of drug-likeness (QED) is 0.666. The average Bonchev–Trinajstić information content (AvgIpc) is 2.85. The SMILES string of the molecule is CC(C)N1CCN(C2CC2)C(C)(C)C1. The van der Waals surface area contributed by atoms with Gasteiger partial charge in [0.2, 0.25) is 0 Å². The molecule has 0 radical (unpaired) electrons. The summed E-state index contributed by atoms with van der Waals surface area (Å²) in [6.07, 6.45) is 2.87. The van der Waals surface area contributed by atoms with E-state index < -0.39 is 0 Å². The van der Waals surface area contributed by atoms with Gasteiger partial charge in [0.25, 0.3) is 0 Å². The minimum atomic E-state index is 0.393. The fraction of sp³-hybridized carbons (Fsp3) is 1.00. The molecule has 0 aromatic carbocycles. The third-order valence-electron chi connectivity index (χ3n) is 3.71. The first-order chi connectivity index (χ1) is 6.50. The van der Waals surface area contributed by atoms with Crippen LogP contribution in [0.25, 0.3) is 0 Å². The van der Waals surface area contributed by atoms with E-state index in [1.807, 2.05) is 0 Å². The Kier molecular flexibility index (Phi) is 2.61. The summed E-state index contributed by atoms with van der Waals surface area (Å²) in [6, 6.07) is 1.62. The van der Waals surface area contributed by atoms with Crippen molar-refractivity contribution >= 4 is 0 Å². The van der Waals surface area contributed by atoms with Crippen molar-refractivity contribution in [2.45, 2.75) is 58.2 Å². The maximum Gasteiger partial charge on any atom is 0.0283 e. The predicted octanol–water partition coefficient (Wildman–Crippen LogP) is 1.95. The Balaban J connectivity index is 1.99. The molecule has 0 spiro atoms. The number of hydrogen-bond acceptors (Lipinski definition) is 2. The van der Waals surface area contributed by atoms with Gasteiger partial charge in [-0.1, -0.05) is 0 Å². The molecule has 82 valence electrons. The van der Waals surface area contributed by atoms with Gasteiger partial charge in [0.15, 0.2) is 0 Å². The first-order valence-electron chi connectivity index (χ1n) is 6.01. The van der Waals surface area contributed by atoms with Crippen LogP contribution in [0.1, 0.15) is 40.5 Å². The summed E-state index contributed by atoms with van der Waals surface area (Å²) in [7, 11) is 0. The van der Waals surface area contributed by atoms with Crippen molar-refractivity contribution in [3.8, 4) is 0 Å². The van der Waals surface area contributed by atoms with Gasteiger partial charge < -0.3 is 0 Å². The number of piperazine rings is 1. The molecule has 2 rings (SSSR count). The molecule has 1 heterocycles. The lowest BCUT2D eigenvalue weighted by Gasteiger charge is -2.48. The Labute approximate surface area is 88.3 Å². The standard InChI is InChI=1S/C12H24N2/c1-10(2)13-7-8-14(11-5-6-11)12(3,4)9-13/h10-11H,5-9H2,1-4H3. The van der Waals surface area contributed by atoms with Crippen molar-refractivity contribution in [2.75, 3.05) is 19.6 Å². The largest absolute Gasteiger partial charge is 0.298 e. The van der Waals surface area contributed by atoms with Gasteiger partial charge in [-0.3, -0.25) is 9.80 Å². The highest BCUT2D eigenvalue weighted by Gasteiger charge is 2.42. The zero-order valence-electron chi connectivity index (χ0n) is 10.1. The van der Waals surface area contributed by atoms with Crippen molar-refractivity contribution < 1.29 is 0 Å². The molecule has 1 saturated carbocycles. The lowest BCUT2D eigenvalue weighted by atomic mass is 9.97. The molecule has 0 atom stereocenters. The number of hydrogen-bond donors (Lipinski definition) is 0. The van der Waals surface area contributed by atoms with Gasteiger partial charge in [-0.05, 0) is 40.5 Å². The lowest BCUT2D eigenvalue weighted by molar-refractivity contribution is 0.000706. The summed E-state index contributed by atoms with van der Waals surface area (Å²) in [6.45, 7) is 13.2. The van der Waals surface area contributed by atoms with Gasteiger partial charge in [-0.25, -0.2) is 0 Å². The molecule has 0 aromatic rings. The average molecular weight is 196 g/mol. The second kappa shape index (κ2) is 3.49. The Morgan fingerprint density at radius 3 is 2.21 bits per heavy atom. The predicted molar refractivity (Wildman–Crippen MR) is 60.5 cm³/mol. The third kappa shape index (κ3) is 1.96. The molecule has 0 amide bonds. The number of rotatable bonds is 2. The molecule has 2 nitrogen and oxygen atoms in total. The van der Waals surface area contributed by atoms with E-state index in [0.717, 1.165) is 6.04 Å². The van der Waals surface area contributed by atoms with E-state index in [9.17, 15) is 0 Å². The first-order valence-corrected chi connectivity index (χ1v) is 6.01. The minimum Gasteiger partial charge on any atom is -0.298 e. The van der Waals surface area contributed by atoms with Crippen LogP contribution < -0.4 is 0 Å². The van der Waals surface area contributed by atoms with Crippen molar-refractivity contribution in [3.63, 3.8) is 0 Å². The molecule has 2 heteroatoms. The highest BCUT2D eigenvalue weighted by atomic mass is 15.3. The second-order valence-electron chi connectivity index (χ2n) is 5.80. The molecular formula is C12H24N2. The van der Waals surface area contributed by atoms with E-state index in [1.165, 1.54) is 32.5 Å². The Morgan fingerprint density at radius 1 is 1.14 bits per heavy atom. The summed E-state index contributed by atoms with van der Waals surface area (Å²) in [5.74, 6) is 0.